The Hall–Kier alpha value is -6.58. The van der Waals surface area contributed by atoms with Gasteiger partial charge >= 0.3 is 0 Å². The molecule has 9 aromatic rings. The first-order valence-electron chi connectivity index (χ1n) is 17.5. The second-order valence-electron chi connectivity index (χ2n) is 12.9. The molecule has 0 amide bonds. The summed E-state index contributed by atoms with van der Waals surface area (Å²) in [7, 11) is 0. The number of benzene rings is 7. The molecule has 0 bridgehead atoms. The number of rotatable bonds is 7. The third-order valence-corrected chi connectivity index (χ3v) is 9.64. The van der Waals surface area contributed by atoms with Gasteiger partial charge in [-0.2, -0.15) is 0 Å². The minimum atomic E-state index is 0.764. The van der Waals surface area contributed by atoms with Gasteiger partial charge in [-0.25, -0.2) is 9.97 Å². The first-order chi connectivity index (χ1) is 25.2. The molecule has 0 N–H and O–H groups in total. The van der Waals surface area contributed by atoms with Crippen molar-refractivity contribution in [1.82, 2.24) is 9.97 Å². The number of pyridine rings is 1. The lowest BCUT2D eigenvalue weighted by Crippen LogP contribution is -1.92. The average molecular weight is 655 g/mol. The summed E-state index contributed by atoms with van der Waals surface area (Å²) in [4.78, 5) is 9.77. The zero-order valence-electron chi connectivity index (χ0n) is 28.3. The Balaban J connectivity index is 1.14. The van der Waals surface area contributed by atoms with Crippen LogP contribution in [0, 0.1) is 0 Å². The van der Waals surface area contributed by atoms with E-state index in [9.17, 15) is 0 Å². The molecule has 0 saturated carbocycles. The van der Waals surface area contributed by atoms with Crippen LogP contribution in [0.15, 0.2) is 180 Å². The average Bonchev–Trinajstić information content (AvgIpc) is 3.64. The molecule has 7 aromatic carbocycles. The number of fused-ring (bicyclic) bond motifs is 2. The normalized spacial score (nSPS) is 11.3. The Morgan fingerprint density at radius 2 is 1.04 bits per heavy atom. The molecule has 3 heteroatoms. The van der Waals surface area contributed by atoms with Gasteiger partial charge in [0.25, 0.3) is 0 Å². The molecule has 51 heavy (non-hydrogen) atoms. The van der Waals surface area contributed by atoms with Crippen LogP contribution < -0.4 is 0 Å². The third-order valence-electron chi connectivity index (χ3n) is 9.64. The summed E-state index contributed by atoms with van der Waals surface area (Å²) in [6, 6.07) is 62.5. The fraction of sp³-hybridized carbons (Fsp3) is 0.0417. The molecule has 242 valence electrons. The Morgan fingerprint density at radius 1 is 0.431 bits per heavy atom. The first kappa shape index (κ1) is 30.5. The van der Waals surface area contributed by atoms with E-state index in [1.165, 1.54) is 33.0 Å². The number of aromatic nitrogens is 2. The first-order valence-corrected chi connectivity index (χ1v) is 17.5. The highest BCUT2D eigenvalue weighted by molar-refractivity contribution is 6.04. The lowest BCUT2D eigenvalue weighted by molar-refractivity contribution is 0.538. The van der Waals surface area contributed by atoms with Gasteiger partial charge in [0, 0.05) is 17.5 Å². The molecule has 0 aliphatic rings. The van der Waals surface area contributed by atoms with Gasteiger partial charge in [-0.3, -0.25) is 0 Å². The van der Waals surface area contributed by atoms with E-state index in [2.05, 4.69) is 170 Å². The monoisotopic (exact) mass is 654 g/mol. The van der Waals surface area contributed by atoms with Crippen LogP contribution in [-0.2, 0) is 6.42 Å². The summed E-state index contributed by atoms with van der Waals surface area (Å²) in [6.07, 6.45) is 0.775. The van der Waals surface area contributed by atoms with Crippen LogP contribution in [0.2, 0.25) is 0 Å². The maximum absolute atomic E-state index is 5.88. The Bertz CT molecular complexity index is 2600. The zero-order valence-corrected chi connectivity index (χ0v) is 28.3. The quantitative estimate of drug-likeness (QED) is 0.172. The predicted octanol–water partition coefficient (Wildman–Crippen LogP) is 12.9. The van der Waals surface area contributed by atoms with Gasteiger partial charge in [0.05, 0.1) is 11.4 Å². The molecule has 9 rings (SSSR count). The summed E-state index contributed by atoms with van der Waals surface area (Å²) in [6.45, 7) is 2.06. The smallest absolute Gasteiger partial charge is 0.195 e. The molecule has 0 spiro atoms. The van der Waals surface area contributed by atoms with E-state index in [1.807, 2.05) is 18.2 Å². The Morgan fingerprint density at radius 3 is 1.76 bits per heavy atom. The number of hydrogen-bond donors (Lipinski definition) is 0. The minimum Gasteiger partial charge on any atom is -0.441 e. The van der Waals surface area contributed by atoms with Crippen molar-refractivity contribution in [3.05, 3.63) is 182 Å². The van der Waals surface area contributed by atoms with Crippen LogP contribution in [-0.4, -0.2) is 9.97 Å². The van der Waals surface area contributed by atoms with Gasteiger partial charge in [-0.1, -0.05) is 153 Å². The van der Waals surface area contributed by atoms with E-state index in [1.54, 1.807) is 0 Å². The fourth-order valence-corrected chi connectivity index (χ4v) is 7.04. The molecule has 2 heterocycles. The molecule has 0 radical (unpaired) electrons. The largest absolute Gasteiger partial charge is 0.441 e. The maximum Gasteiger partial charge on any atom is 0.195 e. The molecule has 0 saturated heterocycles. The Kier molecular flexibility index (Phi) is 7.79. The van der Waals surface area contributed by atoms with E-state index in [0.29, 0.717) is 0 Å². The molecule has 0 atom stereocenters. The summed E-state index contributed by atoms with van der Waals surface area (Å²) >= 11 is 0. The van der Waals surface area contributed by atoms with Crippen molar-refractivity contribution in [3.63, 3.8) is 0 Å². The number of oxazole rings is 1. The minimum absolute atomic E-state index is 0.764. The second kappa shape index (κ2) is 13.0. The van der Waals surface area contributed by atoms with Gasteiger partial charge in [-0.05, 0) is 85.6 Å². The lowest BCUT2D eigenvalue weighted by atomic mass is 9.88. The van der Waals surface area contributed by atoms with Crippen LogP contribution >= 0.6 is 0 Å². The Labute approximate surface area is 297 Å². The molecular weight excluding hydrogens is 621 g/mol. The van der Waals surface area contributed by atoms with Crippen molar-refractivity contribution < 1.29 is 4.42 Å². The van der Waals surface area contributed by atoms with E-state index >= 15 is 0 Å². The fourth-order valence-electron chi connectivity index (χ4n) is 7.04. The number of aryl methyl sites for hydroxylation is 1. The molecule has 0 aliphatic heterocycles. The topological polar surface area (TPSA) is 38.9 Å². The molecule has 2 aromatic heterocycles. The van der Waals surface area contributed by atoms with Crippen LogP contribution in [0.4, 0.5) is 0 Å². The van der Waals surface area contributed by atoms with Gasteiger partial charge < -0.3 is 4.42 Å². The molecule has 0 aliphatic carbocycles. The van der Waals surface area contributed by atoms with Crippen LogP contribution in [0.5, 0.6) is 0 Å². The highest BCUT2D eigenvalue weighted by Crippen LogP contribution is 2.40. The standard InChI is InChI=1S/C48H34N2O/c1-2-47-50-45-29-38(25-27-46(45)51-47)37-17-11-18-39(28-37)42-26-24-33-12-9-10-19-41(33)48(42)36-22-20-32(21-23-36)40-30-43(34-13-5-3-6-14-34)49-44(31-40)35-15-7-4-8-16-35/h3-31H,2H2,1H3. The molecule has 3 nitrogen and oxygen atoms in total. The summed E-state index contributed by atoms with van der Waals surface area (Å²) < 4.78 is 5.88. The highest BCUT2D eigenvalue weighted by Gasteiger charge is 2.15. The molecular formula is C48H34N2O. The lowest BCUT2D eigenvalue weighted by Gasteiger charge is -2.16. The summed E-state index contributed by atoms with van der Waals surface area (Å²) in [5.74, 6) is 0.764. The highest BCUT2D eigenvalue weighted by atomic mass is 16.3. The second-order valence-corrected chi connectivity index (χ2v) is 12.9. The van der Waals surface area contributed by atoms with E-state index in [4.69, 9.17) is 9.40 Å². The third kappa shape index (κ3) is 5.89. The predicted molar refractivity (Wildman–Crippen MR) is 211 cm³/mol. The SMILES string of the molecule is CCc1nc2cc(-c3cccc(-c4ccc5ccccc5c4-c4ccc(-c5cc(-c6ccccc6)nc(-c6ccccc6)c5)cc4)c3)ccc2o1. The molecule has 0 unspecified atom stereocenters. The van der Waals surface area contributed by atoms with Crippen molar-refractivity contribution >= 4 is 21.9 Å². The van der Waals surface area contributed by atoms with Gasteiger partial charge in [-0.15, -0.1) is 0 Å². The van der Waals surface area contributed by atoms with Crippen molar-refractivity contribution in [2.75, 3.05) is 0 Å². The zero-order chi connectivity index (χ0) is 34.1. The maximum atomic E-state index is 5.88. The summed E-state index contributed by atoms with van der Waals surface area (Å²) in [5, 5.41) is 2.44. The van der Waals surface area contributed by atoms with E-state index in [-0.39, 0.29) is 0 Å². The van der Waals surface area contributed by atoms with Gasteiger partial charge in [0.1, 0.15) is 5.52 Å². The van der Waals surface area contributed by atoms with Crippen molar-refractivity contribution in [2.24, 2.45) is 0 Å². The number of hydrogen-bond acceptors (Lipinski definition) is 3. The van der Waals surface area contributed by atoms with Gasteiger partial charge in [0.2, 0.25) is 0 Å². The van der Waals surface area contributed by atoms with Crippen LogP contribution in [0.25, 0.3) is 88.9 Å². The van der Waals surface area contributed by atoms with Crippen molar-refractivity contribution in [1.29, 1.82) is 0 Å². The van der Waals surface area contributed by atoms with Crippen molar-refractivity contribution in [2.45, 2.75) is 13.3 Å². The molecule has 0 fully saturated rings. The van der Waals surface area contributed by atoms with Gasteiger partial charge in [0.15, 0.2) is 11.5 Å². The number of nitrogens with zero attached hydrogens (tertiary/aromatic N) is 2. The summed E-state index contributed by atoms with van der Waals surface area (Å²) in [5.41, 5.74) is 15.1. The van der Waals surface area contributed by atoms with Crippen molar-refractivity contribution in [3.8, 4) is 67.0 Å². The van der Waals surface area contributed by atoms with E-state index in [0.717, 1.165) is 68.2 Å². The van der Waals surface area contributed by atoms with Crippen LogP contribution in [0.3, 0.4) is 0 Å². The van der Waals surface area contributed by atoms with E-state index < -0.39 is 0 Å². The van der Waals surface area contributed by atoms with Crippen LogP contribution in [0.1, 0.15) is 12.8 Å².